The van der Waals surface area contributed by atoms with Crippen molar-refractivity contribution in [2.24, 2.45) is 5.92 Å². The molecule has 0 spiro atoms. The van der Waals surface area contributed by atoms with E-state index in [-0.39, 0.29) is 23.9 Å². The third-order valence-electron chi connectivity index (χ3n) is 5.79. The monoisotopic (exact) mass is 380 g/mol. The Bertz CT molecular complexity index is 631. The molecule has 1 aliphatic carbocycles. The van der Waals surface area contributed by atoms with Crippen molar-refractivity contribution in [2.75, 3.05) is 20.3 Å². The van der Waals surface area contributed by atoms with E-state index in [1.165, 1.54) is 13.2 Å². The highest BCUT2D eigenvalue weighted by molar-refractivity contribution is 5.33. The maximum absolute atomic E-state index is 14.3. The van der Waals surface area contributed by atoms with Crippen molar-refractivity contribution in [1.82, 2.24) is 0 Å². The molecule has 0 aromatic heterocycles. The molecule has 1 saturated carbocycles. The van der Waals surface area contributed by atoms with Crippen LogP contribution in [0.15, 0.2) is 24.3 Å². The maximum atomic E-state index is 14.3. The first-order chi connectivity index (χ1) is 13.1. The number of rotatable bonds is 6. The van der Waals surface area contributed by atoms with Crippen LogP contribution in [0.5, 0.6) is 5.75 Å². The largest absolute Gasteiger partial charge is 0.494 e. The summed E-state index contributed by atoms with van der Waals surface area (Å²) in [5.74, 6) is -1.20. The fourth-order valence-electron chi connectivity index (χ4n) is 4.16. The van der Waals surface area contributed by atoms with Crippen molar-refractivity contribution in [3.8, 4) is 5.75 Å². The Labute approximate surface area is 160 Å². The average Bonchev–Trinajstić information content (AvgIpc) is 2.70. The van der Waals surface area contributed by atoms with Crippen molar-refractivity contribution in [3.63, 3.8) is 0 Å². The summed E-state index contributed by atoms with van der Waals surface area (Å²) in [7, 11) is 1.35. The van der Waals surface area contributed by atoms with E-state index < -0.39 is 11.6 Å². The molecular weight excluding hydrogens is 350 g/mol. The zero-order chi connectivity index (χ0) is 19.2. The highest BCUT2D eigenvalue weighted by Crippen LogP contribution is 2.37. The summed E-state index contributed by atoms with van der Waals surface area (Å²) in [6.45, 7) is 3.49. The van der Waals surface area contributed by atoms with Gasteiger partial charge in [0.2, 0.25) is 5.82 Å². The third kappa shape index (κ3) is 5.08. The van der Waals surface area contributed by atoms with E-state index in [4.69, 9.17) is 14.2 Å². The molecule has 1 aromatic carbocycles. The number of halogens is 2. The fraction of sp³-hybridized carbons (Fsp3) is 0.636. The molecule has 3 nitrogen and oxygen atoms in total. The molecule has 0 N–H and O–H groups in total. The molecule has 2 fully saturated rings. The van der Waals surface area contributed by atoms with Crippen LogP contribution < -0.4 is 4.74 Å². The molecule has 0 bridgehead atoms. The molecule has 2 atom stereocenters. The van der Waals surface area contributed by atoms with E-state index >= 15 is 0 Å². The summed E-state index contributed by atoms with van der Waals surface area (Å²) in [6, 6.07) is 3.17. The van der Waals surface area contributed by atoms with E-state index in [1.807, 2.05) is 13.0 Å². The molecule has 0 amide bonds. The molecule has 0 radical (unpaired) electrons. The molecule has 3 rings (SSSR count). The summed E-state index contributed by atoms with van der Waals surface area (Å²) in [5, 5.41) is 0. The Morgan fingerprint density at radius 2 is 1.85 bits per heavy atom. The molecule has 27 heavy (non-hydrogen) atoms. The second-order valence-electron chi connectivity index (χ2n) is 7.63. The lowest BCUT2D eigenvalue weighted by Crippen LogP contribution is -2.30. The summed E-state index contributed by atoms with van der Waals surface area (Å²) in [6.07, 6.45) is 10.2. The summed E-state index contributed by atoms with van der Waals surface area (Å²) in [4.78, 5) is 0. The predicted octanol–water partition coefficient (Wildman–Crippen LogP) is 5.39. The van der Waals surface area contributed by atoms with E-state index in [1.54, 1.807) is 6.07 Å². The van der Waals surface area contributed by atoms with Gasteiger partial charge in [-0.05, 0) is 63.0 Å². The topological polar surface area (TPSA) is 27.7 Å². The van der Waals surface area contributed by atoms with Gasteiger partial charge < -0.3 is 14.2 Å². The van der Waals surface area contributed by atoms with Crippen molar-refractivity contribution in [3.05, 3.63) is 41.5 Å². The normalized spacial score (nSPS) is 29.2. The summed E-state index contributed by atoms with van der Waals surface area (Å²) in [5.41, 5.74) is 0.461. The van der Waals surface area contributed by atoms with Crippen LogP contribution in [0.25, 0.3) is 0 Å². The third-order valence-corrected chi connectivity index (χ3v) is 5.79. The number of hydrogen-bond donors (Lipinski definition) is 0. The van der Waals surface area contributed by atoms with Crippen molar-refractivity contribution < 1.29 is 23.0 Å². The Kier molecular flexibility index (Phi) is 7.25. The first-order valence-corrected chi connectivity index (χ1v) is 10.00. The van der Waals surface area contributed by atoms with Crippen molar-refractivity contribution in [2.45, 2.75) is 63.6 Å². The second-order valence-corrected chi connectivity index (χ2v) is 7.63. The number of benzene rings is 1. The van der Waals surface area contributed by atoms with Gasteiger partial charge >= 0.3 is 0 Å². The highest BCUT2D eigenvalue weighted by Gasteiger charge is 2.28. The Morgan fingerprint density at radius 3 is 2.48 bits per heavy atom. The average molecular weight is 380 g/mol. The molecule has 1 heterocycles. The standard InChI is InChI=1S/C22H30F2O3/c1-3-4-17-8-5-15(13-26-17)14-27-18-9-6-16(7-10-18)19-11-12-20(25-2)22(24)21(19)23/h3-4,11-12,15-18H,5-10,13-14H2,1-2H3/b4-3+. The van der Waals surface area contributed by atoms with Gasteiger partial charge in [-0.3, -0.25) is 0 Å². The first kappa shape index (κ1) is 20.3. The molecule has 5 heteroatoms. The fourth-order valence-corrected chi connectivity index (χ4v) is 4.16. The van der Waals surface area contributed by atoms with Gasteiger partial charge in [0, 0.05) is 5.92 Å². The Hall–Kier alpha value is -1.46. The second kappa shape index (κ2) is 9.65. The Morgan fingerprint density at radius 1 is 1.07 bits per heavy atom. The van der Waals surface area contributed by atoms with Crippen LogP contribution in [0.3, 0.4) is 0 Å². The van der Waals surface area contributed by atoms with Gasteiger partial charge in [-0.15, -0.1) is 0 Å². The van der Waals surface area contributed by atoms with Crippen LogP contribution in [-0.2, 0) is 9.47 Å². The zero-order valence-electron chi connectivity index (χ0n) is 16.3. The first-order valence-electron chi connectivity index (χ1n) is 10.00. The van der Waals surface area contributed by atoms with Crippen LogP contribution in [0.4, 0.5) is 8.78 Å². The minimum absolute atomic E-state index is 0.0420. The van der Waals surface area contributed by atoms with Gasteiger partial charge in [-0.25, -0.2) is 4.39 Å². The minimum atomic E-state index is -0.887. The van der Waals surface area contributed by atoms with Gasteiger partial charge in [-0.2, -0.15) is 4.39 Å². The van der Waals surface area contributed by atoms with Gasteiger partial charge in [0.25, 0.3) is 0 Å². The molecule has 1 saturated heterocycles. The predicted molar refractivity (Wildman–Crippen MR) is 101 cm³/mol. The van der Waals surface area contributed by atoms with E-state index in [0.717, 1.165) is 51.7 Å². The SMILES string of the molecule is C/C=C/C1CCC(COC2CCC(c3ccc(OC)c(F)c3F)CC2)CO1. The highest BCUT2D eigenvalue weighted by atomic mass is 19.2. The Balaban J connectivity index is 1.44. The van der Waals surface area contributed by atoms with Crippen molar-refractivity contribution >= 4 is 0 Å². The number of methoxy groups -OCH3 is 1. The maximum Gasteiger partial charge on any atom is 0.200 e. The van der Waals surface area contributed by atoms with Crippen LogP contribution in [0, 0.1) is 17.6 Å². The van der Waals surface area contributed by atoms with Crippen molar-refractivity contribution in [1.29, 1.82) is 0 Å². The lowest BCUT2D eigenvalue weighted by atomic mass is 9.82. The molecule has 2 aliphatic rings. The minimum Gasteiger partial charge on any atom is -0.494 e. The quantitative estimate of drug-likeness (QED) is 0.620. The lowest BCUT2D eigenvalue weighted by molar-refractivity contribution is -0.0503. The number of ether oxygens (including phenoxy) is 3. The number of hydrogen-bond acceptors (Lipinski definition) is 3. The van der Waals surface area contributed by atoms with E-state index in [2.05, 4.69) is 6.08 Å². The molecule has 1 aromatic rings. The summed E-state index contributed by atoms with van der Waals surface area (Å²) >= 11 is 0. The molecule has 1 aliphatic heterocycles. The molecule has 150 valence electrons. The van der Waals surface area contributed by atoms with Crippen LogP contribution in [-0.4, -0.2) is 32.5 Å². The van der Waals surface area contributed by atoms with Gasteiger partial charge in [0.05, 0.1) is 32.5 Å². The van der Waals surface area contributed by atoms with Gasteiger partial charge in [-0.1, -0.05) is 18.2 Å². The summed E-state index contributed by atoms with van der Waals surface area (Å²) < 4.78 is 45.0. The van der Waals surface area contributed by atoms with E-state index in [0.29, 0.717) is 11.5 Å². The van der Waals surface area contributed by atoms with Gasteiger partial charge in [0.1, 0.15) is 0 Å². The van der Waals surface area contributed by atoms with Crippen LogP contribution in [0.2, 0.25) is 0 Å². The smallest absolute Gasteiger partial charge is 0.200 e. The van der Waals surface area contributed by atoms with Crippen LogP contribution in [0.1, 0.15) is 56.9 Å². The number of allylic oxidation sites excluding steroid dienone is 1. The van der Waals surface area contributed by atoms with Crippen LogP contribution >= 0.6 is 0 Å². The zero-order valence-corrected chi connectivity index (χ0v) is 16.3. The lowest BCUT2D eigenvalue weighted by Gasteiger charge is -2.32. The van der Waals surface area contributed by atoms with Gasteiger partial charge in [0.15, 0.2) is 11.6 Å². The van der Waals surface area contributed by atoms with E-state index in [9.17, 15) is 8.78 Å². The molecule has 2 unspecified atom stereocenters. The molecular formula is C22H30F2O3.